The summed E-state index contributed by atoms with van der Waals surface area (Å²) in [6.45, 7) is 5.46. The number of hydrogen-bond donors (Lipinski definition) is 1. The van der Waals surface area contributed by atoms with Gasteiger partial charge in [0, 0.05) is 25.9 Å². The van der Waals surface area contributed by atoms with Gasteiger partial charge < -0.3 is 19.1 Å². The Morgan fingerprint density at radius 3 is 2.40 bits per heavy atom. The fourth-order valence-corrected chi connectivity index (χ4v) is 5.76. The Kier molecular flexibility index (Phi) is 7.96. The fraction of sp³-hybridized carbons (Fsp3) is 0.462. The molecule has 1 N–H and O–H groups in total. The molecule has 0 radical (unpaired) electrons. The van der Waals surface area contributed by atoms with Gasteiger partial charge in [-0.25, -0.2) is 13.2 Å². The Labute approximate surface area is 230 Å². The SMILES string of the molecule is COC1CN(C(=O)C[C@H]2CN(S(=O)(=O)c3cccc(C(F)(F)F)c3)c3cc(NC(=O)OC(C)(C)C)ccc3O2)C1. The second-order valence-corrected chi connectivity index (χ2v) is 12.3. The highest BCUT2D eigenvalue weighted by atomic mass is 32.2. The molecule has 4 rings (SSSR count). The molecule has 2 aromatic carbocycles. The lowest BCUT2D eigenvalue weighted by molar-refractivity contribution is -0.144. The number of carbonyl (C=O) groups is 2. The molecule has 2 aromatic rings. The maximum atomic E-state index is 13.7. The summed E-state index contributed by atoms with van der Waals surface area (Å²) in [5, 5.41) is 2.51. The Bertz CT molecular complexity index is 1390. The van der Waals surface area contributed by atoms with Gasteiger partial charge >= 0.3 is 12.3 Å². The summed E-state index contributed by atoms with van der Waals surface area (Å²) in [6.07, 6.45) is -6.71. The second kappa shape index (κ2) is 10.8. The molecule has 0 bridgehead atoms. The molecule has 14 heteroatoms. The smallest absolute Gasteiger partial charge is 0.416 e. The average molecular weight is 586 g/mol. The predicted molar refractivity (Wildman–Crippen MR) is 139 cm³/mol. The molecule has 0 saturated carbocycles. The van der Waals surface area contributed by atoms with Gasteiger partial charge in [0.05, 0.1) is 35.2 Å². The van der Waals surface area contributed by atoms with Gasteiger partial charge in [0.25, 0.3) is 10.0 Å². The summed E-state index contributed by atoms with van der Waals surface area (Å²) in [4.78, 5) is 26.0. The monoisotopic (exact) mass is 585 g/mol. The topological polar surface area (TPSA) is 114 Å². The van der Waals surface area contributed by atoms with E-state index in [9.17, 15) is 31.2 Å². The lowest BCUT2D eigenvalue weighted by atomic mass is 10.1. The number of nitrogens with zero attached hydrogens (tertiary/aromatic N) is 2. The van der Waals surface area contributed by atoms with E-state index in [4.69, 9.17) is 14.2 Å². The standard InChI is InChI=1S/C26H30F3N3O7S/c1-25(2,3)39-24(34)30-17-8-9-22-21(11-17)32(15-18(38-22)12-23(33)31-13-19(14-31)37-4)40(35,36)20-7-5-6-16(10-20)26(27,28)29/h5-11,18-19H,12-15H2,1-4H3,(H,30,34)/t18-/m0/s1. The molecule has 10 nitrogen and oxygen atoms in total. The molecule has 2 aliphatic rings. The predicted octanol–water partition coefficient (Wildman–Crippen LogP) is 4.26. The van der Waals surface area contributed by atoms with Crippen LogP contribution < -0.4 is 14.4 Å². The molecule has 0 spiro atoms. The van der Waals surface area contributed by atoms with Gasteiger partial charge in [-0.2, -0.15) is 13.2 Å². The Morgan fingerprint density at radius 1 is 1.07 bits per heavy atom. The highest BCUT2D eigenvalue weighted by Gasteiger charge is 2.39. The molecule has 1 atom stereocenters. The van der Waals surface area contributed by atoms with Crippen molar-refractivity contribution >= 4 is 33.4 Å². The number of nitrogens with one attached hydrogen (secondary N) is 1. The number of benzene rings is 2. The first-order valence-electron chi connectivity index (χ1n) is 12.4. The van der Waals surface area contributed by atoms with E-state index in [0.29, 0.717) is 19.2 Å². The summed E-state index contributed by atoms with van der Waals surface area (Å²) in [5.41, 5.74) is -1.76. The molecule has 2 heterocycles. The number of rotatable bonds is 6. The van der Waals surface area contributed by atoms with E-state index in [1.54, 1.807) is 25.7 Å². The molecule has 1 fully saturated rings. The van der Waals surface area contributed by atoms with Crippen LogP contribution in [0.25, 0.3) is 0 Å². The summed E-state index contributed by atoms with van der Waals surface area (Å²) >= 11 is 0. The van der Waals surface area contributed by atoms with Crippen molar-refractivity contribution in [2.75, 3.05) is 36.4 Å². The molecular weight excluding hydrogens is 555 g/mol. The number of alkyl halides is 3. The van der Waals surface area contributed by atoms with Crippen LogP contribution in [-0.4, -0.2) is 69.9 Å². The van der Waals surface area contributed by atoms with Gasteiger partial charge in [-0.1, -0.05) is 6.07 Å². The first kappa shape index (κ1) is 29.5. The molecule has 40 heavy (non-hydrogen) atoms. The van der Waals surface area contributed by atoms with Crippen molar-refractivity contribution in [1.29, 1.82) is 0 Å². The normalized spacial score (nSPS) is 17.9. The van der Waals surface area contributed by atoms with Gasteiger partial charge in [0.2, 0.25) is 5.91 Å². The average Bonchev–Trinajstić information content (AvgIpc) is 2.81. The third kappa shape index (κ3) is 6.61. The Hall–Kier alpha value is -3.52. The van der Waals surface area contributed by atoms with Crippen molar-refractivity contribution in [2.24, 2.45) is 0 Å². The number of anilines is 2. The largest absolute Gasteiger partial charge is 0.486 e. The van der Waals surface area contributed by atoms with Crippen molar-refractivity contribution < 1.29 is 45.4 Å². The molecule has 2 amide bonds. The van der Waals surface area contributed by atoms with Crippen LogP contribution in [0.3, 0.4) is 0 Å². The molecule has 0 unspecified atom stereocenters. The molecule has 218 valence electrons. The van der Waals surface area contributed by atoms with E-state index in [1.807, 2.05) is 0 Å². The van der Waals surface area contributed by atoms with Gasteiger partial charge in [-0.3, -0.25) is 14.4 Å². The molecule has 0 aromatic heterocycles. The van der Waals surface area contributed by atoms with Crippen LogP contribution in [0.5, 0.6) is 5.75 Å². The highest BCUT2D eigenvalue weighted by molar-refractivity contribution is 7.92. The third-order valence-electron chi connectivity index (χ3n) is 6.22. The Morgan fingerprint density at radius 2 is 1.77 bits per heavy atom. The summed E-state index contributed by atoms with van der Waals surface area (Å²) < 4.78 is 84.9. The minimum atomic E-state index is -4.76. The number of hydrogen-bond acceptors (Lipinski definition) is 7. The molecular formula is C26H30F3N3O7S. The van der Waals surface area contributed by atoms with Crippen molar-refractivity contribution in [3.8, 4) is 5.75 Å². The van der Waals surface area contributed by atoms with Crippen molar-refractivity contribution in [3.05, 3.63) is 48.0 Å². The number of sulfonamides is 1. The summed E-state index contributed by atoms with van der Waals surface area (Å²) in [5.74, 6) is -0.200. The van der Waals surface area contributed by atoms with E-state index in [-0.39, 0.29) is 42.1 Å². The maximum Gasteiger partial charge on any atom is 0.416 e. The van der Waals surface area contributed by atoms with Gasteiger partial charge in [-0.15, -0.1) is 0 Å². The maximum absolute atomic E-state index is 13.7. The fourth-order valence-electron chi connectivity index (χ4n) is 4.22. The number of amides is 2. The second-order valence-electron chi connectivity index (χ2n) is 10.5. The van der Waals surface area contributed by atoms with Crippen LogP contribution in [0, 0.1) is 0 Å². The summed E-state index contributed by atoms with van der Waals surface area (Å²) in [7, 11) is -3.02. The number of ether oxygens (including phenoxy) is 3. The number of fused-ring (bicyclic) bond motifs is 1. The lowest BCUT2D eigenvalue weighted by Crippen LogP contribution is -2.55. The molecule has 2 aliphatic heterocycles. The van der Waals surface area contributed by atoms with Crippen molar-refractivity contribution in [2.45, 2.75) is 56.1 Å². The van der Waals surface area contributed by atoms with Crippen LogP contribution >= 0.6 is 0 Å². The zero-order valence-electron chi connectivity index (χ0n) is 22.3. The minimum absolute atomic E-state index is 0.0157. The van der Waals surface area contributed by atoms with E-state index in [0.717, 1.165) is 22.5 Å². The van der Waals surface area contributed by atoms with Crippen LogP contribution in [0.2, 0.25) is 0 Å². The van der Waals surface area contributed by atoms with Gasteiger partial charge in [0.1, 0.15) is 17.5 Å². The number of halogens is 3. The van der Waals surface area contributed by atoms with E-state index in [1.165, 1.54) is 25.3 Å². The van der Waals surface area contributed by atoms with Crippen LogP contribution in [0.4, 0.5) is 29.3 Å². The van der Waals surface area contributed by atoms with E-state index < -0.39 is 44.5 Å². The minimum Gasteiger partial charge on any atom is -0.486 e. The molecule has 0 aliphatic carbocycles. The van der Waals surface area contributed by atoms with Crippen LogP contribution in [-0.2, 0) is 30.5 Å². The van der Waals surface area contributed by atoms with Gasteiger partial charge in [-0.05, 0) is 57.2 Å². The van der Waals surface area contributed by atoms with Crippen LogP contribution in [0.15, 0.2) is 47.4 Å². The zero-order chi connectivity index (χ0) is 29.5. The van der Waals surface area contributed by atoms with Crippen molar-refractivity contribution in [1.82, 2.24) is 4.90 Å². The summed E-state index contributed by atoms with van der Waals surface area (Å²) in [6, 6.07) is 7.59. The first-order chi connectivity index (χ1) is 18.6. The van der Waals surface area contributed by atoms with E-state index in [2.05, 4.69) is 5.32 Å². The number of methoxy groups -OCH3 is 1. The van der Waals surface area contributed by atoms with Gasteiger partial charge in [0.15, 0.2) is 0 Å². The Balaban J connectivity index is 1.67. The zero-order valence-corrected chi connectivity index (χ0v) is 23.1. The third-order valence-corrected chi connectivity index (χ3v) is 8.00. The van der Waals surface area contributed by atoms with E-state index >= 15 is 0 Å². The lowest BCUT2D eigenvalue weighted by Gasteiger charge is -2.40. The first-order valence-corrected chi connectivity index (χ1v) is 13.8. The quantitative estimate of drug-likeness (QED) is 0.539. The van der Waals surface area contributed by atoms with Crippen LogP contribution in [0.1, 0.15) is 32.8 Å². The molecule has 1 saturated heterocycles. The van der Waals surface area contributed by atoms with Crippen molar-refractivity contribution in [3.63, 3.8) is 0 Å². The highest BCUT2D eigenvalue weighted by Crippen LogP contribution is 2.40. The number of likely N-dealkylation sites (tertiary alicyclic amines) is 1. The number of carbonyl (C=O) groups excluding carboxylic acids is 2.